The number of pyridine rings is 1. The lowest BCUT2D eigenvalue weighted by molar-refractivity contribution is -0.140. The molecule has 0 saturated carbocycles. The van der Waals surface area contributed by atoms with Crippen LogP contribution < -0.4 is 14.2 Å². The van der Waals surface area contributed by atoms with Gasteiger partial charge in [-0.05, 0) is 47.5 Å². The molecule has 1 N–H and O–H groups in total. The molecule has 1 aliphatic rings. The van der Waals surface area contributed by atoms with E-state index in [-0.39, 0.29) is 17.9 Å². The van der Waals surface area contributed by atoms with Crippen LogP contribution in [-0.4, -0.2) is 48.0 Å². The Kier molecular flexibility index (Phi) is 6.49. The average Bonchev–Trinajstić information content (AvgIpc) is 3.13. The van der Waals surface area contributed by atoms with Gasteiger partial charge in [-0.25, -0.2) is 0 Å². The van der Waals surface area contributed by atoms with E-state index in [1.807, 2.05) is 0 Å². The van der Waals surface area contributed by atoms with Crippen LogP contribution in [0, 0.1) is 0 Å². The van der Waals surface area contributed by atoms with Gasteiger partial charge in [0.15, 0.2) is 11.5 Å². The van der Waals surface area contributed by atoms with Crippen molar-refractivity contribution in [3.63, 3.8) is 0 Å². The van der Waals surface area contributed by atoms with E-state index in [4.69, 9.17) is 14.2 Å². The summed E-state index contributed by atoms with van der Waals surface area (Å²) < 4.78 is 16.0. The van der Waals surface area contributed by atoms with Gasteiger partial charge in [0.05, 0.1) is 32.9 Å². The molecule has 0 aliphatic carbocycles. The maximum absolute atomic E-state index is 13.2. The largest absolute Gasteiger partial charge is 0.507 e. The lowest BCUT2D eigenvalue weighted by Gasteiger charge is -2.26. The lowest BCUT2D eigenvalue weighted by Crippen LogP contribution is -2.29. The Bertz CT molecular complexity index is 1260. The first-order valence-corrected chi connectivity index (χ1v) is 10.5. The molecule has 174 valence electrons. The van der Waals surface area contributed by atoms with Crippen LogP contribution in [0.2, 0.25) is 0 Å². The van der Waals surface area contributed by atoms with E-state index in [1.54, 1.807) is 54.6 Å². The molecule has 1 aromatic heterocycles. The molecule has 1 unspecified atom stereocenters. The number of carbonyl (C=O) groups excluding carboxylic acids is 2. The highest BCUT2D eigenvalue weighted by atomic mass is 16.5. The monoisotopic (exact) mass is 460 g/mol. The number of benzene rings is 2. The van der Waals surface area contributed by atoms with Crippen LogP contribution in [0.25, 0.3) is 5.76 Å². The van der Waals surface area contributed by atoms with Crippen LogP contribution in [0.15, 0.2) is 72.6 Å². The topological polar surface area (TPSA) is 98.2 Å². The van der Waals surface area contributed by atoms with Gasteiger partial charge in [-0.1, -0.05) is 18.2 Å². The third-order valence-corrected chi connectivity index (χ3v) is 5.70. The molecule has 3 aromatic rings. The number of ketones is 1. The number of aromatic nitrogens is 1. The highest BCUT2D eigenvalue weighted by molar-refractivity contribution is 6.46. The van der Waals surface area contributed by atoms with Gasteiger partial charge in [0, 0.05) is 24.5 Å². The second-order valence-electron chi connectivity index (χ2n) is 7.63. The number of hydrogen-bond donors (Lipinski definition) is 1. The van der Waals surface area contributed by atoms with Crippen molar-refractivity contribution < 1.29 is 28.9 Å². The van der Waals surface area contributed by atoms with Crippen molar-refractivity contribution in [3.8, 4) is 17.2 Å². The van der Waals surface area contributed by atoms with Gasteiger partial charge in [0.2, 0.25) is 0 Å². The van der Waals surface area contributed by atoms with E-state index in [9.17, 15) is 14.7 Å². The summed E-state index contributed by atoms with van der Waals surface area (Å²) in [6, 6.07) is 14.7. The highest BCUT2D eigenvalue weighted by Crippen LogP contribution is 2.41. The second-order valence-corrected chi connectivity index (χ2v) is 7.63. The molecular weight excluding hydrogens is 436 g/mol. The molecule has 1 atom stereocenters. The predicted molar refractivity (Wildman–Crippen MR) is 125 cm³/mol. The third-order valence-electron chi connectivity index (χ3n) is 5.70. The zero-order chi connectivity index (χ0) is 24.2. The Labute approximate surface area is 197 Å². The minimum Gasteiger partial charge on any atom is -0.507 e. The summed E-state index contributed by atoms with van der Waals surface area (Å²) in [5.41, 5.74) is 1.77. The van der Waals surface area contributed by atoms with Crippen molar-refractivity contribution >= 4 is 17.4 Å². The number of carbonyl (C=O) groups is 2. The smallest absolute Gasteiger partial charge is 0.295 e. The molecule has 34 heavy (non-hydrogen) atoms. The minimum absolute atomic E-state index is 0.00456. The van der Waals surface area contributed by atoms with E-state index in [2.05, 4.69) is 4.98 Å². The van der Waals surface area contributed by atoms with Crippen LogP contribution in [0.5, 0.6) is 17.2 Å². The standard InChI is InChI=1S/C26H24N2O6/c1-32-19-6-4-5-18(14-19)23-22(24(29)17-9-11-27-12-10-17)25(30)26(31)28(23)15-16-7-8-20(33-2)21(13-16)34-3/h4-14,23,29H,15H2,1-3H3/b24-22+. The maximum atomic E-state index is 13.2. The lowest BCUT2D eigenvalue weighted by atomic mass is 9.95. The van der Waals surface area contributed by atoms with Crippen LogP contribution in [-0.2, 0) is 16.1 Å². The van der Waals surface area contributed by atoms with E-state index >= 15 is 0 Å². The van der Waals surface area contributed by atoms with Crippen molar-refractivity contribution in [1.29, 1.82) is 0 Å². The van der Waals surface area contributed by atoms with E-state index in [1.165, 1.54) is 38.6 Å². The summed E-state index contributed by atoms with van der Waals surface area (Å²) in [4.78, 5) is 31.8. The number of Topliss-reactive ketones (excluding diaryl/α,β-unsaturated/α-hetero) is 1. The molecule has 4 rings (SSSR count). The molecule has 1 aliphatic heterocycles. The molecule has 0 radical (unpaired) electrons. The van der Waals surface area contributed by atoms with Gasteiger partial charge in [-0.3, -0.25) is 14.6 Å². The van der Waals surface area contributed by atoms with Crippen molar-refractivity contribution in [2.24, 2.45) is 0 Å². The SMILES string of the molecule is COc1cccc(C2/C(=C(\O)c3ccncc3)C(=O)C(=O)N2Cc2ccc(OC)c(OC)c2)c1. The molecule has 0 bridgehead atoms. The van der Waals surface area contributed by atoms with Crippen LogP contribution in [0.1, 0.15) is 22.7 Å². The highest BCUT2D eigenvalue weighted by Gasteiger charge is 2.46. The van der Waals surface area contributed by atoms with Crippen LogP contribution in [0.4, 0.5) is 0 Å². The van der Waals surface area contributed by atoms with Gasteiger partial charge in [0.25, 0.3) is 11.7 Å². The number of ether oxygens (including phenoxy) is 3. The van der Waals surface area contributed by atoms with E-state index in [0.717, 1.165) is 5.56 Å². The Morgan fingerprint density at radius 1 is 0.941 bits per heavy atom. The van der Waals surface area contributed by atoms with Gasteiger partial charge in [-0.2, -0.15) is 0 Å². The fourth-order valence-corrected chi connectivity index (χ4v) is 4.04. The number of likely N-dealkylation sites (tertiary alicyclic amines) is 1. The molecule has 1 amide bonds. The summed E-state index contributed by atoms with van der Waals surface area (Å²) >= 11 is 0. The van der Waals surface area contributed by atoms with E-state index < -0.39 is 17.7 Å². The minimum atomic E-state index is -0.823. The first-order chi connectivity index (χ1) is 16.5. The second kappa shape index (κ2) is 9.66. The summed E-state index contributed by atoms with van der Waals surface area (Å²) in [5, 5.41) is 11.1. The van der Waals surface area contributed by atoms with Crippen molar-refractivity contribution in [1.82, 2.24) is 9.88 Å². The van der Waals surface area contributed by atoms with Gasteiger partial charge in [0.1, 0.15) is 11.5 Å². The van der Waals surface area contributed by atoms with Gasteiger partial charge >= 0.3 is 0 Å². The molecule has 2 aromatic carbocycles. The maximum Gasteiger partial charge on any atom is 0.295 e. The van der Waals surface area contributed by atoms with Crippen LogP contribution >= 0.6 is 0 Å². The Balaban J connectivity index is 1.84. The third kappa shape index (κ3) is 4.17. The summed E-state index contributed by atoms with van der Waals surface area (Å²) in [5.74, 6) is -0.107. The zero-order valence-corrected chi connectivity index (χ0v) is 19.0. The first kappa shape index (κ1) is 22.8. The number of nitrogens with zero attached hydrogens (tertiary/aromatic N) is 2. The quantitative estimate of drug-likeness (QED) is 0.326. The van der Waals surface area contributed by atoms with Crippen molar-refractivity contribution in [3.05, 3.63) is 89.3 Å². The number of aliphatic hydroxyl groups excluding tert-OH is 1. The number of rotatable bonds is 7. The first-order valence-electron chi connectivity index (χ1n) is 10.5. The molecular formula is C26H24N2O6. The number of methoxy groups -OCH3 is 3. The molecule has 8 heteroatoms. The number of aliphatic hydroxyl groups is 1. The Hall–Kier alpha value is -4.33. The predicted octanol–water partition coefficient (Wildman–Crippen LogP) is 3.73. The average molecular weight is 460 g/mol. The number of amides is 1. The summed E-state index contributed by atoms with van der Waals surface area (Å²) in [6.07, 6.45) is 3.02. The van der Waals surface area contributed by atoms with Crippen molar-refractivity contribution in [2.75, 3.05) is 21.3 Å². The zero-order valence-electron chi connectivity index (χ0n) is 19.0. The molecule has 0 spiro atoms. The summed E-state index contributed by atoms with van der Waals surface area (Å²) in [7, 11) is 4.60. The van der Waals surface area contributed by atoms with E-state index in [0.29, 0.717) is 28.4 Å². The molecule has 1 fully saturated rings. The normalized spacial score (nSPS) is 17.0. The molecule has 1 saturated heterocycles. The fraction of sp³-hybridized carbons (Fsp3) is 0.192. The summed E-state index contributed by atoms with van der Waals surface area (Å²) in [6.45, 7) is 0.111. The van der Waals surface area contributed by atoms with Gasteiger partial charge < -0.3 is 24.2 Å². The Morgan fingerprint density at radius 2 is 1.68 bits per heavy atom. The van der Waals surface area contributed by atoms with Crippen LogP contribution in [0.3, 0.4) is 0 Å². The number of hydrogen-bond acceptors (Lipinski definition) is 7. The van der Waals surface area contributed by atoms with Gasteiger partial charge in [-0.15, -0.1) is 0 Å². The molecule has 2 heterocycles. The van der Waals surface area contributed by atoms with Crippen molar-refractivity contribution in [2.45, 2.75) is 12.6 Å². The molecule has 8 nitrogen and oxygen atoms in total. The fourth-order valence-electron chi connectivity index (χ4n) is 4.04. The Morgan fingerprint density at radius 3 is 2.35 bits per heavy atom.